The molecule has 0 saturated carbocycles. The summed E-state index contributed by atoms with van der Waals surface area (Å²) < 4.78 is 17.3. The zero-order valence-electron chi connectivity index (χ0n) is 75.9. The number of benzene rings is 22. The van der Waals surface area contributed by atoms with Crippen molar-refractivity contribution in [1.29, 1.82) is 0 Å². The highest BCUT2D eigenvalue weighted by molar-refractivity contribution is 6.37. The van der Waals surface area contributed by atoms with Crippen LogP contribution in [0, 0.1) is 0 Å². The maximum atomic E-state index is 2.50. The molecule has 0 saturated heterocycles. The molecule has 0 N–H and O–H groups in total. The van der Waals surface area contributed by atoms with Gasteiger partial charge in [-0.2, -0.15) is 0 Å². The Balaban J connectivity index is 0.0000000990. The number of fused-ring (bicyclic) bond motifs is 21. The molecular weight excluding hydrogens is 1700 g/mol. The minimum absolute atomic E-state index is 1.10. The van der Waals surface area contributed by atoms with E-state index in [1.807, 2.05) is 0 Å². The Bertz CT molecular complexity index is 10600. The first-order chi connectivity index (χ1) is 69.5. The van der Waals surface area contributed by atoms with Crippen LogP contribution in [0.2, 0.25) is 0 Å². The highest BCUT2D eigenvalue weighted by Gasteiger charge is 2.29. The zero-order chi connectivity index (χ0) is 91.5. The predicted octanol–water partition coefficient (Wildman–Crippen LogP) is 35.4. The molecule has 650 valence electrons. The summed E-state index contributed by atoms with van der Waals surface area (Å²) in [6.07, 6.45) is 0. The van der Waals surface area contributed by atoms with Gasteiger partial charge in [-0.25, -0.2) is 0 Å². The van der Waals surface area contributed by atoms with Crippen LogP contribution in [-0.4, -0.2) is 31.5 Å². The molecule has 32 rings (SSSR count). The second-order valence-electron chi connectivity index (χ2n) is 37.3. The standard InChI is InChI=1S/C48H31N3.C42H25N3.C42H26N2/c1-3-13-32(14-4-1)33-25-27-35(28-26-33)49(34-15-5-2-6-16-34)36-17-11-18-37(31-36)50-44-24-12-21-40-38-19-7-9-22-42(38)51-43-23-10-8-20-39(43)41-29-30-45(50)47(46(40)44)48(41)51;1-5-18-34-28(13-1)29-14-2-6-19-35(29)43(34)26-11-9-12-27(25-26)44-38-22-10-17-32-30-15-3-7-20-36(30)45-37-21-8-4-16-31(37)33-23-24-39(44)41(40(32)38)42(33)45;1-2-10-27(11-3-1)28-20-22-29(23-21-28)30-12-8-13-31(26-30)43-38-19-9-16-34-32-14-4-6-17-36(32)44-37-18-7-5-15-33(37)35-24-25-39(43)41(40(34)38)42(35)44/h1-31H;1-25H;1-26H. The maximum absolute atomic E-state index is 2.50. The number of hydrogen-bond donors (Lipinski definition) is 0. The summed E-state index contributed by atoms with van der Waals surface area (Å²) in [5.41, 5.74) is 36.3. The van der Waals surface area contributed by atoms with Gasteiger partial charge in [0.1, 0.15) is 0 Å². The van der Waals surface area contributed by atoms with Gasteiger partial charge in [0.25, 0.3) is 0 Å². The minimum Gasteiger partial charge on any atom is -0.310 e. The van der Waals surface area contributed by atoms with Gasteiger partial charge in [-0.15, -0.1) is 0 Å². The summed E-state index contributed by atoms with van der Waals surface area (Å²) in [6.45, 7) is 0. The molecule has 0 bridgehead atoms. The zero-order valence-corrected chi connectivity index (χ0v) is 75.9. The fourth-order valence-corrected chi connectivity index (χ4v) is 24.3. The van der Waals surface area contributed by atoms with E-state index < -0.39 is 0 Å². The molecule has 0 fully saturated rings. The van der Waals surface area contributed by atoms with Gasteiger partial charge in [0, 0.05) is 131 Å². The molecule has 0 aliphatic heterocycles. The van der Waals surface area contributed by atoms with Crippen molar-refractivity contribution in [1.82, 2.24) is 31.5 Å². The number of para-hydroxylation sites is 9. The third-order valence-electron chi connectivity index (χ3n) is 30.0. The number of aromatic nitrogens is 7. The maximum Gasteiger partial charge on any atom is 0.0641 e. The predicted molar refractivity (Wildman–Crippen MR) is 592 cm³/mol. The molecule has 22 aromatic carbocycles. The molecule has 0 unspecified atom stereocenters. The molecule has 8 heteroatoms. The van der Waals surface area contributed by atoms with Gasteiger partial charge in [-0.05, 0) is 207 Å². The van der Waals surface area contributed by atoms with Crippen molar-refractivity contribution in [3.63, 3.8) is 0 Å². The molecule has 32 aromatic rings. The van der Waals surface area contributed by atoms with E-state index in [1.165, 1.54) is 241 Å². The van der Waals surface area contributed by atoms with E-state index in [4.69, 9.17) is 0 Å². The van der Waals surface area contributed by atoms with Crippen molar-refractivity contribution in [2.24, 2.45) is 0 Å². The van der Waals surface area contributed by atoms with Crippen LogP contribution < -0.4 is 4.90 Å². The van der Waals surface area contributed by atoms with Gasteiger partial charge >= 0.3 is 0 Å². The Morgan fingerprint density at radius 2 is 0.350 bits per heavy atom. The number of anilines is 3. The molecule has 0 aliphatic carbocycles. The molecule has 0 atom stereocenters. The van der Waals surface area contributed by atoms with Crippen molar-refractivity contribution in [2.45, 2.75) is 0 Å². The Kier molecular flexibility index (Phi) is 16.8. The largest absolute Gasteiger partial charge is 0.310 e. The van der Waals surface area contributed by atoms with Gasteiger partial charge in [-0.1, -0.05) is 340 Å². The second kappa shape index (κ2) is 30.4. The van der Waals surface area contributed by atoms with Crippen molar-refractivity contribution in [3.05, 3.63) is 497 Å². The highest BCUT2D eigenvalue weighted by atomic mass is 15.1. The number of nitrogens with zero attached hydrogens (tertiary/aromatic N) is 8. The molecule has 8 nitrogen and oxygen atoms in total. The van der Waals surface area contributed by atoms with E-state index in [-0.39, 0.29) is 0 Å². The highest BCUT2D eigenvalue weighted by Crippen LogP contribution is 2.52. The molecule has 10 aromatic heterocycles. The summed E-state index contributed by atoms with van der Waals surface area (Å²) in [5.74, 6) is 0. The van der Waals surface area contributed by atoms with Crippen molar-refractivity contribution >= 4 is 219 Å². The SMILES string of the molecule is c1cc(-n2c3ccccc3c3ccccc32)cc(-n2c3cccc4c5ccccc5n5c6ccccc6c6ccc2c(c43)c65)c1.c1ccc(-c2ccc(-c3cccc(-n4c5cccc6c7ccccc7n7c8ccccc8c8ccc4c(c65)c87)c3)cc2)cc1.c1ccc(-c2ccc(N(c3ccccc3)c3cccc(-n4c5cccc6c7ccccc7n7c8ccccc8c8ccc4c(c65)c87)c3)cc2)cc1. The van der Waals surface area contributed by atoms with Crippen molar-refractivity contribution < 1.29 is 0 Å². The second-order valence-corrected chi connectivity index (χ2v) is 37.3. The van der Waals surface area contributed by atoms with Crippen molar-refractivity contribution in [2.75, 3.05) is 4.90 Å². The van der Waals surface area contributed by atoms with Crippen LogP contribution in [0.4, 0.5) is 17.1 Å². The summed E-state index contributed by atoms with van der Waals surface area (Å²) in [4.78, 5) is 2.35. The van der Waals surface area contributed by atoms with Crippen LogP contribution >= 0.6 is 0 Å². The van der Waals surface area contributed by atoms with E-state index >= 15 is 0 Å². The topological polar surface area (TPSA) is 36.2 Å². The Labute approximate surface area is 802 Å². The monoisotopic (exact) mass is 1780 g/mol. The van der Waals surface area contributed by atoms with Gasteiger partial charge in [0.15, 0.2) is 0 Å². The molecule has 140 heavy (non-hydrogen) atoms. The lowest BCUT2D eigenvalue weighted by molar-refractivity contribution is 1.13. The fourth-order valence-electron chi connectivity index (χ4n) is 24.3. The molecular formula is C132H82N8. The third-order valence-corrected chi connectivity index (χ3v) is 30.0. The quantitative estimate of drug-likeness (QED) is 0.134. The van der Waals surface area contributed by atoms with Crippen LogP contribution in [0.15, 0.2) is 497 Å². The summed E-state index contributed by atoms with van der Waals surface area (Å²) in [7, 11) is 0. The van der Waals surface area contributed by atoms with Gasteiger partial charge in [-0.3, -0.25) is 0 Å². The Morgan fingerprint density at radius 3 is 0.729 bits per heavy atom. The smallest absolute Gasteiger partial charge is 0.0641 e. The van der Waals surface area contributed by atoms with E-state index in [9.17, 15) is 0 Å². The molecule has 10 heterocycles. The first kappa shape index (κ1) is 77.7. The van der Waals surface area contributed by atoms with E-state index in [2.05, 4.69) is 534 Å². The summed E-state index contributed by atoms with van der Waals surface area (Å²) >= 11 is 0. The lowest BCUT2D eigenvalue weighted by Gasteiger charge is -2.26. The number of hydrogen-bond acceptors (Lipinski definition) is 1. The summed E-state index contributed by atoms with van der Waals surface area (Å²) in [5, 5.41) is 25.8. The number of rotatable bonds is 10. The van der Waals surface area contributed by atoms with E-state index in [1.54, 1.807) is 0 Å². The fraction of sp³-hybridized carbons (Fsp3) is 0. The van der Waals surface area contributed by atoms with Gasteiger partial charge in [0.05, 0.1) is 93.8 Å². The third kappa shape index (κ3) is 11.3. The van der Waals surface area contributed by atoms with Crippen molar-refractivity contribution in [3.8, 4) is 56.1 Å². The van der Waals surface area contributed by atoms with Crippen LogP contribution in [0.5, 0.6) is 0 Å². The van der Waals surface area contributed by atoms with E-state index in [0.29, 0.717) is 0 Å². The van der Waals surface area contributed by atoms with Gasteiger partial charge < -0.3 is 36.4 Å². The van der Waals surface area contributed by atoms with Crippen LogP contribution in [-0.2, 0) is 0 Å². The first-order valence-corrected chi connectivity index (χ1v) is 48.3. The summed E-state index contributed by atoms with van der Waals surface area (Å²) in [6, 6.07) is 182. The van der Waals surface area contributed by atoms with Crippen LogP contribution in [0.25, 0.3) is 258 Å². The average molecular weight is 1780 g/mol. The molecule has 0 amide bonds. The van der Waals surface area contributed by atoms with Gasteiger partial charge in [0.2, 0.25) is 0 Å². The normalized spacial score (nSPS) is 12.1. The van der Waals surface area contributed by atoms with Crippen LogP contribution in [0.1, 0.15) is 0 Å². The Morgan fingerprint density at radius 1 is 0.121 bits per heavy atom. The molecule has 0 spiro atoms. The van der Waals surface area contributed by atoms with Crippen LogP contribution in [0.3, 0.4) is 0 Å². The molecule has 0 radical (unpaired) electrons. The molecule has 0 aliphatic rings. The minimum atomic E-state index is 1.10. The lowest BCUT2D eigenvalue weighted by Crippen LogP contribution is -2.10. The Hall–Kier alpha value is -18.8. The first-order valence-electron chi connectivity index (χ1n) is 48.3. The van der Waals surface area contributed by atoms with E-state index in [0.717, 1.165) is 34.1 Å². The average Bonchev–Trinajstić information content (AvgIpc) is 1.53. The lowest BCUT2D eigenvalue weighted by atomic mass is 10.00.